The van der Waals surface area contributed by atoms with E-state index in [1.54, 1.807) is 31.4 Å². The molecule has 2 amide bonds. The Morgan fingerprint density at radius 3 is 2.52 bits per heavy atom. The van der Waals surface area contributed by atoms with Gasteiger partial charge in [-0.2, -0.15) is 0 Å². The standard InChI is InChI=1S/C18H20N2O3/c1-13-6-4-7-15(10-13)19-18(22)12-20(14(2)21)16-8-5-9-17(11-16)23-3/h4-11H,12H2,1-3H3,(H,19,22). The van der Waals surface area contributed by atoms with E-state index < -0.39 is 0 Å². The first-order valence-electron chi connectivity index (χ1n) is 7.28. The molecule has 23 heavy (non-hydrogen) atoms. The lowest BCUT2D eigenvalue weighted by atomic mass is 10.2. The zero-order chi connectivity index (χ0) is 16.8. The highest BCUT2D eigenvalue weighted by molar-refractivity contribution is 6.01. The van der Waals surface area contributed by atoms with E-state index in [0.717, 1.165) is 5.56 Å². The molecular weight excluding hydrogens is 292 g/mol. The zero-order valence-electron chi connectivity index (χ0n) is 13.5. The van der Waals surface area contributed by atoms with Crippen molar-refractivity contribution in [2.24, 2.45) is 0 Å². The molecule has 0 atom stereocenters. The number of carbonyl (C=O) groups is 2. The van der Waals surface area contributed by atoms with Gasteiger partial charge >= 0.3 is 0 Å². The van der Waals surface area contributed by atoms with Gasteiger partial charge in [-0.1, -0.05) is 18.2 Å². The Balaban J connectivity index is 2.12. The topological polar surface area (TPSA) is 58.6 Å². The van der Waals surface area contributed by atoms with Gasteiger partial charge in [-0.25, -0.2) is 0 Å². The van der Waals surface area contributed by atoms with Gasteiger partial charge in [0, 0.05) is 24.4 Å². The summed E-state index contributed by atoms with van der Waals surface area (Å²) in [4.78, 5) is 25.5. The van der Waals surface area contributed by atoms with E-state index in [9.17, 15) is 9.59 Å². The fourth-order valence-electron chi connectivity index (χ4n) is 2.23. The Labute approximate surface area is 135 Å². The van der Waals surface area contributed by atoms with Crippen molar-refractivity contribution in [1.82, 2.24) is 0 Å². The Kier molecular flexibility index (Phi) is 5.36. The Bertz CT molecular complexity index is 713. The molecule has 0 aliphatic heterocycles. The van der Waals surface area contributed by atoms with Gasteiger partial charge in [0.1, 0.15) is 12.3 Å². The highest BCUT2D eigenvalue weighted by Gasteiger charge is 2.16. The number of hydrogen-bond acceptors (Lipinski definition) is 3. The molecule has 0 fully saturated rings. The van der Waals surface area contributed by atoms with Crippen molar-refractivity contribution >= 4 is 23.2 Å². The van der Waals surface area contributed by atoms with Crippen molar-refractivity contribution in [2.45, 2.75) is 13.8 Å². The minimum absolute atomic E-state index is 0.0591. The first kappa shape index (κ1) is 16.5. The lowest BCUT2D eigenvalue weighted by Gasteiger charge is -2.21. The van der Waals surface area contributed by atoms with Gasteiger partial charge in [-0.3, -0.25) is 9.59 Å². The Morgan fingerprint density at radius 1 is 1.13 bits per heavy atom. The molecule has 5 nitrogen and oxygen atoms in total. The summed E-state index contributed by atoms with van der Waals surface area (Å²) < 4.78 is 5.16. The number of benzene rings is 2. The minimum Gasteiger partial charge on any atom is -0.497 e. The van der Waals surface area contributed by atoms with E-state index in [-0.39, 0.29) is 18.4 Å². The normalized spacial score (nSPS) is 10.0. The summed E-state index contributed by atoms with van der Waals surface area (Å²) in [5.74, 6) is 0.166. The van der Waals surface area contributed by atoms with Crippen LogP contribution in [0.15, 0.2) is 48.5 Å². The Morgan fingerprint density at radius 2 is 1.87 bits per heavy atom. The number of anilines is 2. The third kappa shape index (κ3) is 4.57. The second-order valence-electron chi connectivity index (χ2n) is 5.22. The predicted molar refractivity (Wildman–Crippen MR) is 90.8 cm³/mol. The van der Waals surface area contributed by atoms with E-state index in [4.69, 9.17) is 4.74 Å². The first-order chi connectivity index (χ1) is 11.0. The molecule has 0 unspecified atom stereocenters. The molecule has 0 spiro atoms. The SMILES string of the molecule is COc1cccc(N(CC(=O)Nc2cccc(C)c2)C(C)=O)c1. The summed E-state index contributed by atoms with van der Waals surface area (Å²) in [6, 6.07) is 14.6. The van der Waals surface area contributed by atoms with Gasteiger partial charge in [0.2, 0.25) is 11.8 Å². The van der Waals surface area contributed by atoms with Gasteiger partial charge in [0.25, 0.3) is 0 Å². The van der Waals surface area contributed by atoms with Crippen LogP contribution in [0.25, 0.3) is 0 Å². The molecule has 0 aliphatic carbocycles. The summed E-state index contributed by atoms with van der Waals surface area (Å²) in [5.41, 5.74) is 2.39. The second kappa shape index (κ2) is 7.45. The summed E-state index contributed by atoms with van der Waals surface area (Å²) >= 11 is 0. The molecule has 0 aliphatic rings. The highest BCUT2D eigenvalue weighted by Crippen LogP contribution is 2.21. The molecule has 0 bridgehead atoms. The third-order valence-electron chi connectivity index (χ3n) is 3.35. The Hall–Kier alpha value is -2.82. The number of nitrogens with one attached hydrogen (secondary N) is 1. The van der Waals surface area contributed by atoms with Crippen molar-refractivity contribution in [3.63, 3.8) is 0 Å². The van der Waals surface area contributed by atoms with Crippen LogP contribution < -0.4 is 15.0 Å². The van der Waals surface area contributed by atoms with Crippen molar-refractivity contribution in [1.29, 1.82) is 0 Å². The average Bonchev–Trinajstić information content (AvgIpc) is 2.52. The molecule has 1 N–H and O–H groups in total. The maximum absolute atomic E-state index is 12.2. The largest absolute Gasteiger partial charge is 0.497 e. The summed E-state index contributed by atoms with van der Waals surface area (Å²) in [7, 11) is 1.56. The number of methoxy groups -OCH3 is 1. The molecule has 0 heterocycles. The van der Waals surface area contributed by atoms with Gasteiger partial charge in [-0.05, 0) is 36.8 Å². The number of carbonyl (C=O) groups excluding carboxylic acids is 2. The molecule has 0 saturated carbocycles. The maximum Gasteiger partial charge on any atom is 0.244 e. The minimum atomic E-state index is -0.256. The van der Waals surface area contributed by atoms with Crippen LogP contribution in [0.2, 0.25) is 0 Å². The zero-order valence-corrected chi connectivity index (χ0v) is 13.5. The van der Waals surface area contributed by atoms with Crippen LogP contribution in [0.5, 0.6) is 5.75 Å². The number of ether oxygens (including phenoxy) is 1. The van der Waals surface area contributed by atoms with Crippen LogP contribution in [0.1, 0.15) is 12.5 Å². The number of hydrogen-bond donors (Lipinski definition) is 1. The molecule has 0 saturated heterocycles. The van der Waals surface area contributed by atoms with Crippen molar-refractivity contribution < 1.29 is 14.3 Å². The molecular formula is C18H20N2O3. The fraction of sp³-hybridized carbons (Fsp3) is 0.222. The van der Waals surface area contributed by atoms with Crippen molar-refractivity contribution in [2.75, 3.05) is 23.9 Å². The van der Waals surface area contributed by atoms with E-state index in [0.29, 0.717) is 17.1 Å². The molecule has 2 aromatic carbocycles. The van der Waals surface area contributed by atoms with Gasteiger partial charge < -0.3 is 15.0 Å². The van der Waals surface area contributed by atoms with E-state index in [1.165, 1.54) is 11.8 Å². The van der Waals surface area contributed by atoms with Crippen LogP contribution in [0, 0.1) is 6.92 Å². The average molecular weight is 312 g/mol. The van der Waals surface area contributed by atoms with Crippen LogP contribution in [0.3, 0.4) is 0 Å². The van der Waals surface area contributed by atoms with Crippen LogP contribution in [-0.4, -0.2) is 25.5 Å². The molecule has 2 aromatic rings. The van der Waals surface area contributed by atoms with Crippen molar-refractivity contribution in [3.05, 3.63) is 54.1 Å². The smallest absolute Gasteiger partial charge is 0.244 e. The van der Waals surface area contributed by atoms with E-state index >= 15 is 0 Å². The highest BCUT2D eigenvalue weighted by atomic mass is 16.5. The number of rotatable bonds is 5. The van der Waals surface area contributed by atoms with Crippen LogP contribution in [0.4, 0.5) is 11.4 Å². The molecule has 5 heteroatoms. The van der Waals surface area contributed by atoms with Crippen molar-refractivity contribution in [3.8, 4) is 5.75 Å². The summed E-state index contributed by atoms with van der Waals surface area (Å²) in [6.07, 6.45) is 0. The molecule has 0 aromatic heterocycles. The predicted octanol–water partition coefficient (Wildman–Crippen LogP) is 3.00. The summed E-state index contributed by atoms with van der Waals surface area (Å²) in [6.45, 7) is 3.32. The maximum atomic E-state index is 12.2. The van der Waals surface area contributed by atoms with Gasteiger partial charge in [-0.15, -0.1) is 0 Å². The molecule has 120 valence electrons. The summed E-state index contributed by atoms with van der Waals surface area (Å²) in [5, 5.41) is 2.80. The number of aryl methyl sites for hydroxylation is 1. The number of nitrogens with zero attached hydrogens (tertiary/aromatic N) is 1. The van der Waals surface area contributed by atoms with Crippen LogP contribution >= 0.6 is 0 Å². The lowest BCUT2D eigenvalue weighted by Crippen LogP contribution is -2.36. The number of amides is 2. The molecule has 2 rings (SSSR count). The molecule has 0 radical (unpaired) electrons. The first-order valence-corrected chi connectivity index (χ1v) is 7.28. The van der Waals surface area contributed by atoms with E-state index in [2.05, 4.69) is 5.32 Å². The van der Waals surface area contributed by atoms with Crippen LogP contribution in [-0.2, 0) is 9.59 Å². The second-order valence-corrected chi connectivity index (χ2v) is 5.22. The monoisotopic (exact) mass is 312 g/mol. The van der Waals surface area contributed by atoms with E-state index in [1.807, 2.05) is 31.2 Å². The van der Waals surface area contributed by atoms with Gasteiger partial charge in [0.05, 0.1) is 7.11 Å². The lowest BCUT2D eigenvalue weighted by molar-refractivity contribution is -0.120. The quantitative estimate of drug-likeness (QED) is 0.923. The third-order valence-corrected chi connectivity index (χ3v) is 3.35. The fourth-order valence-corrected chi connectivity index (χ4v) is 2.23. The van der Waals surface area contributed by atoms with Gasteiger partial charge in [0.15, 0.2) is 0 Å².